The average molecular weight is 274 g/mol. The summed E-state index contributed by atoms with van der Waals surface area (Å²) in [4.78, 5) is 24.6. The molecule has 1 aromatic rings. The molecule has 1 aliphatic heterocycles. The van der Waals surface area contributed by atoms with Crippen LogP contribution < -0.4 is 11.2 Å². The minimum absolute atomic E-state index is 0.663. The van der Waals surface area contributed by atoms with Crippen molar-refractivity contribution in [2.75, 3.05) is 6.61 Å². The average Bonchev–Trinajstić information content (AvgIpc) is 2.50. The van der Waals surface area contributed by atoms with E-state index in [-0.39, 0.29) is 0 Å². The van der Waals surface area contributed by atoms with Crippen LogP contribution in [0.3, 0.4) is 0 Å². The third-order valence-electron chi connectivity index (χ3n) is 3.29. The smallest absolute Gasteiger partial charge is 0.330 e. The maximum Gasteiger partial charge on any atom is 0.330 e. The van der Waals surface area contributed by atoms with Gasteiger partial charge in [0.05, 0.1) is 6.61 Å². The van der Waals surface area contributed by atoms with Crippen molar-refractivity contribution in [2.24, 2.45) is 0 Å². The summed E-state index contributed by atoms with van der Waals surface area (Å²) in [6.45, 7) is 0.476. The number of aromatic nitrogens is 2. The Hall–Kier alpha value is -1.52. The van der Waals surface area contributed by atoms with Crippen molar-refractivity contribution in [3.63, 3.8) is 0 Å². The monoisotopic (exact) mass is 274 g/mol. The Kier molecular flexibility index (Phi) is 3.11. The molecule has 5 N–H and O–H groups in total. The topological polar surface area (TPSA) is 145 Å². The summed E-state index contributed by atoms with van der Waals surface area (Å²) in [5.74, 6) is -2.82. The number of aromatic amines is 1. The molecule has 0 aromatic carbocycles. The molecule has 1 aliphatic rings. The lowest BCUT2D eigenvalue weighted by Gasteiger charge is -2.35. The summed E-state index contributed by atoms with van der Waals surface area (Å²) in [5, 5.41) is 38.6. The third kappa shape index (κ3) is 1.83. The van der Waals surface area contributed by atoms with E-state index in [0.29, 0.717) is 0 Å². The summed E-state index contributed by atoms with van der Waals surface area (Å²) >= 11 is 0. The fourth-order valence-corrected chi connectivity index (χ4v) is 2.10. The van der Waals surface area contributed by atoms with Crippen LogP contribution in [0, 0.1) is 0 Å². The molecule has 2 rings (SSSR count). The van der Waals surface area contributed by atoms with Gasteiger partial charge < -0.3 is 25.2 Å². The minimum Gasteiger partial charge on any atom is -0.394 e. The second kappa shape index (κ2) is 4.25. The largest absolute Gasteiger partial charge is 0.394 e. The lowest BCUT2D eigenvalue weighted by molar-refractivity contribution is -0.295. The highest BCUT2D eigenvalue weighted by atomic mass is 16.6. The molecular formula is C10H14N2O7. The number of ether oxygens (including phenoxy) is 1. The van der Waals surface area contributed by atoms with Crippen LogP contribution in [-0.2, 0) is 10.5 Å². The highest BCUT2D eigenvalue weighted by Crippen LogP contribution is 2.40. The van der Waals surface area contributed by atoms with Gasteiger partial charge in [-0.25, -0.2) is 4.79 Å². The fourth-order valence-electron chi connectivity index (χ4n) is 2.10. The third-order valence-corrected chi connectivity index (χ3v) is 3.29. The molecule has 0 spiro atoms. The van der Waals surface area contributed by atoms with Gasteiger partial charge in [-0.15, -0.1) is 0 Å². The molecule has 1 fully saturated rings. The molecule has 2 heterocycles. The molecule has 0 amide bonds. The quantitative estimate of drug-likeness (QED) is 0.354. The summed E-state index contributed by atoms with van der Waals surface area (Å²) in [7, 11) is 0. The van der Waals surface area contributed by atoms with Crippen LogP contribution >= 0.6 is 0 Å². The van der Waals surface area contributed by atoms with E-state index in [1.807, 2.05) is 4.98 Å². The van der Waals surface area contributed by atoms with Gasteiger partial charge in [0, 0.05) is 12.3 Å². The molecule has 0 bridgehead atoms. The first-order valence-corrected chi connectivity index (χ1v) is 5.48. The minimum atomic E-state index is -2.82. The lowest BCUT2D eigenvalue weighted by Crippen LogP contribution is -2.59. The first-order chi connectivity index (χ1) is 8.74. The maximum atomic E-state index is 11.7. The zero-order valence-corrected chi connectivity index (χ0v) is 9.98. The van der Waals surface area contributed by atoms with Crippen LogP contribution in [0.25, 0.3) is 0 Å². The number of nitrogens with one attached hydrogen (secondary N) is 1. The molecule has 19 heavy (non-hydrogen) atoms. The van der Waals surface area contributed by atoms with Crippen molar-refractivity contribution in [3.8, 4) is 0 Å². The van der Waals surface area contributed by atoms with Crippen LogP contribution in [0.2, 0.25) is 0 Å². The molecule has 1 saturated heterocycles. The molecule has 9 heteroatoms. The zero-order chi connectivity index (χ0) is 14.4. The lowest BCUT2D eigenvalue weighted by atomic mass is 9.99. The Morgan fingerprint density at radius 3 is 2.58 bits per heavy atom. The van der Waals surface area contributed by atoms with Gasteiger partial charge in [0.25, 0.3) is 5.56 Å². The number of hydrogen-bond acceptors (Lipinski definition) is 7. The van der Waals surface area contributed by atoms with E-state index < -0.39 is 41.6 Å². The van der Waals surface area contributed by atoms with Crippen LogP contribution in [0.4, 0.5) is 0 Å². The Bertz CT molecular complexity index is 592. The van der Waals surface area contributed by atoms with Gasteiger partial charge in [-0.2, -0.15) is 0 Å². The summed E-state index contributed by atoms with van der Waals surface area (Å²) in [5.41, 5.74) is -3.65. The molecule has 3 atom stereocenters. The molecular weight excluding hydrogens is 260 g/mol. The number of aliphatic hydroxyl groups is 4. The maximum absolute atomic E-state index is 11.7. The Morgan fingerprint density at radius 1 is 1.47 bits per heavy atom. The second-order valence-electron chi connectivity index (χ2n) is 4.47. The first kappa shape index (κ1) is 13.9. The van der Waals surface area contributed by atoms with Crippen molar-refractivity contribution in [2.45, 2.75) is 30.6 Å². The molecule has 0 unspecified atom stereocenters. The number of aliphatic hydroxyl groups excluding tert-OH is 2. The molecule has 0 radical (unpaired) electrons. The number of hydrogen-bond donors (Lipinski definition) is 5. The van der Waals surface area contributed by atoms with Gasteiger partial charge in [-0.3, -0.25) is 14.3 Å². The van der Waals surface area contributed by atoms with E-state index in [4.69, 9.17) is 9.84 Å². The summed E-state index contributed by atoms with van der Waals surface area (Å²) < 4.78 is 5.90. The normalized spacial score (nSPS) is 33.5. The zero-order valence-electron chi connectivity index (χ0n) is 9.98. The van der Waals surface area contributed by atoms with Gasteiger partial charge in [0.2, 0.25) is 11.5 Å². The van der Waals surface area contributed by atoms with Crippen LogP contribution in [0.1, 0.15) is 6.92 Å². The molecule has 106 valence electrons. The Morgan fingerprint density at radius 2 is 2.11 bits per heavy atom. The summed E-state index contributed by atoms with van der Waals surface area (Å²) in [6, 6.07) is 0.991. The van der Waals surface area contributed by atoms with Gasteiger partial charge >= 0.3 is 5.69 Å². The van der Waals surface area contributed by atoms with Crippen LogP contribution in [-0.4, -0.2) is 54.6 Å². The van der Waals surface area contributed by atoms with Crippen molar-refractivity contribution in [3.05, 3.63) is 33.1 Å². The van der Waals surface area contributed by atoms with E-state index in [1.165, 1.54) is 0 Å². The Labute approximate surface area is 106 Å². The fraction of sp³-hybridized carbons (Fsp3) is 0.600. The van der Waals surface area contributed by atoms with Crippen molar-refractivity contribution < 1.29 is 25.2 Å². The second-order valence-corrected chi connectivity index (χ2v) is 4.47. The summed E-state index contributed by atoms with van der Waals surface area (Å²) in [6.07, 6.45) is -2.09. The number of rotatable bonds is 2. The molecule has 0 saturated carbocycles. The van der Waals surface area contributed by atoms with Gasteiger partial charge in [0.15, 0.2) is 0 Å². The van der Waals surface area contributed by atoms with Crippen LogP contribution in [0.5, 0.6) is 0 Å². The predicted octanol–water partition coefficient (Wildman–Crippen LogP) is -3.36. The van der Waals surface area contributed by atoms with E-state index in [1.54, 1.807) is 0 Å². The highest BCUT2D eigenvalue weighted by Gasteiger charge is 2.63. The van der Waals surface area contributed by atoms with E-state index in [2.05, 4.69) is 0 Å². The highest BCUT2D eigenvalue weighted by molar-refractivity contribution is 5.03. The van der Waals surface area contributed by atoms with Crippen LogP contribution in [0.15, 0.2) is 21.9 Å². The van der Waals surface area contributed by atoms with Crippen molar-refractivity contribution in [1.29, 1.82) is 0 Å². The van der Waals surface area contributed by atoms with E-state index in [0.717, 1.165) is 23.8 Å². The predicted molar refractivity (Wildman–Crippen MR) is 60.1 cm³/mol. The van der Waals surface area contributed by atoms with Gasteiger partial charge in [-0.1, -0.05) is 0 Å². The van der Waals surface area contributed by atoms with E-state index in [9.17, 15) is 24.9 Å². The standard InChI is InChI=1S/C10H14N2O7/c1-9(12-3-2-6(14)11-8(12)16)10(17,18)7(15)5(4-13)19-9/h2-3,5,7,13,15,17-18H,4H2,1H3,(H,11,14,16)/t5-,7-,9-/m1/s1. The number of H-pyrrole nitrogens is 1. The van der Waals surface area contributed by atoms with Crippen molar-refractivity contribution >= 4 is 0 Å². The van der Waals surface area contributed by atoms with Gasteiger partial charge in [0.1, 0.15) is 12.2 Å². The van der Waals surface area contributed by atoms with Crippen molar-refractivity contribution in [1.82, 2.24) is 9.55 Å². The van der Waals surface area contributed by atoms with E-state index >= 15 is 0 Å². The Balaban J connectivity index is 2.59. The first-order valence-electron chi connectivity index (χ1n) is 5.48. The molecule has 9 nitrogen and oxygen atoms in total. The SMILES string of the molecule is C[C@@]1(n2ccc(=O)[nH]c2=O)O[C@H](CO)[C@@H](O)C1(O)O. The van der Waals surface area contributed by atoms with Gasteiger partial charge in [-0.05, 0) is 6.92 Å². The molecule has 0 aliphatic carbocycles. The molecule has 1 aromatic heterocycles. The number of nitrogens with zero attached hydrogens (tertiary/aromatic N) is 1.